The first kappa shape index (κ1) is 24.9. The van der Waals surface area contributed by atoms with E-state index in [2.05, 4.69) is 20.3 Å². The van der Waals surface area contributed by atoms with E-state index in [9.17, 15) is 18.0 Å². The Hall–Kier alpha value is -4.16. The second-order valence-electron chi connectivity index (χ2n) is 7.44. The van der Waals surface area contributed by atoms with Crippen molar-refractivity contribution in [2.45, 2.75) is 4.90 Å². The lowest BCUT2D eigenvalue weighted by molar-refractivity contribution is -0.115. The number of benzene rings is 3. The molecule has 10 nitrogen and oxygen atoms in total. The molecule has 36 heavy (non-hydrogen) atoms. The van der Waals surface area contributed by atoms with E-state index in [0.29, 0.717) is 28.3 Å². The second kappa shape index (κ2) is 10.6. The van der Waals surface area contributed by atoms with Crippen molar-refractivity contribution in [1.82, 2.24) is 10.3 Å². The van der Waals surface area contributed by atoms with Crippen molar-refractivity contribution in [3.8, 4) is 11.5 Å². The first-order chi connectivity index (χ1) is 17.3. The van der Waals surface area contributed by atoms with E-state index < -0.39 is 21.8 Å². The molecule has 2 amide bonds. The first-order valence-corrected chi connectivity index (χ1v) is 12.9. The number of hydrogen-bond donors (Lipinski definition) is 3. The van der Waals surface area contributed by atoms with Gasteiger partial charge in [-0.3, -0.25) is 14.3 Å². The maximum atomic E-state index is 12.8. The molecule has 0 unspecified atom stereocenters. The number of ether oxygens (including phenoxy) is 2. The molecule has 0 aliphatic heterocycles. The van der Waals surface area contributed by atoms with Gasteiger partial charge in [0.25, 0.3) is 15.9 Å². The van der Waals surface area contributed by atoms with Crippen molar-refractivity contribution in [2.75, 3.05) is 30.8 Å². The average molecular weight is 527 g/mol. The molecule has 3 N–H and O–H groups in total. The lowest BCUT2D eigenvalue weighted by Gasteiger charge is -2.09. The molecule has 0 bridgehead atoms. The van der Waals surface area contributed by atoms with Gasteiger partial charge in [0, 0.05) is 17.3 Å². The van der Waals surface area contributed by atoms with Crippen LogP contribution in [0, 0.1) is 0 Å². The fourth-order valence-corrected chi connectivity index (χ4v) is 5.26. The minimum Gasteiger partial charge on any atom is -0.497 e. The summed E-state index contributed by atoms with van der Waals surface area (Å²) in [5.74, 6) is 0.370. The lowest BCUT2D eigenvalue weighted by Crippen LogP contribution is -2.32. The zero-order chi connectivity index (χ0) is 25.7. The third kappa shape index (κ3) is 5.90. The molecule has 0 aliphatic rings. The van der Waals surface area contributed by atoms with Crippen molar-refractivity contribution < 1.29 is 27.5 Å². The number of hydrogen-bond acceptors (Lipinski definition) is 8. The van der Waals surface area contributed by atoms with E-state index in [1.54, 1.807) is 49.6 Å². The average Bonchev–Trinajstić information content (AvgIpc) is 3.28. The molecule has 1 heterocycles. The monoisotopic (exact) mass is 526 g/mol. The molecule has 0 aliphatic carbocycles. The maximum Gasteiger partial charge on any atom is 0.263 e. The number of sulfonamides is 1. The Balaban J connectivity index is 1.34. The van der Waals surface area contributed by atoms with Crippen LogP contribution in [-0.4, -0.2) is 46.0 Å². The number of fused-ring (bicyclic) bond motifs is 1. The lowest BCUT2D eigenvalue weighted by atomic mass is 10.2. The van der Waals surface area contributed by atoms with Crippen LogP contribution in [0.1, 0.15) is 10.4 Å². The molecule has 0 spiro atoms. The summed E-state index contributed by atoms with van der Waals surface area (Å²) < 4.78 is 39.1. The molecule has 1 aromatic heterocycles. The van der Waals surface area contributed by atoms with Crippen molar-refractivity contribution >= 4 is 54.2 Å². The molecule has 186 valence electrons. The Morgan fingerprint density at radius 2 is 1.58 bits per heavy atom. The largest absolute Gasteiger partial charge is 0.497 e. The molecule has 0 fully saturated rings. The molecular weight excluding hydrogens is 504 g/mol. The van der Waals surface area contributed by atoms with Gasteiger partial charge in [0.1, 0.15) is 11.5 Å². The predicted molar refractivity (Wildman–Crippen MR) is 137 cm³/mol. The molecular formula is C24H22N4O6S2. The van der Waals surface area contributed by atoms with Gasteiger partial charge in [-0.05, 0) is 60.7 Å². The van der Waals surface area contributed by atoms with Crippen LogP contribution in [0.15, 0.2) is 71.6 Å². The number of nitrogens with zero attached hydrogens (tertiary/aromatic N) is 1. The van der Waals surface area contributed by atoms with Gasteiger partial charge in [-0.15, -0.1) is 0 Å². The molecule has 3 aromatic carbocycles. The summed E-state index contributed by atoms with van der Waals surface area (Å²) in [7, 11) is -0.821. The Morgan fingerprint density at radius 1 is 0.917 bits per heavy atom. The van der Waals surface area contributed by atoms with E-state index in [4.69, 9.17) is 9.47 Å². The molecule has 4 rings (SSSR count). The number of carbonyl (C=O) groups is 2. The van der Waals surface area contributed by atoms with Crippen LogP contribution >= 0.6 is 11.3 Å². The normalized spacial score (nSPS) is 11.1. The maximum absolute atomic E-state index is 12.8. The summed E-state index contributed by atoms with van der Waals surface area (Å²) >= 11 is 1.20. The number of thiazole rings is 1. The molecule has 0 radical (unpaired) electrons. The van der Waals surface area contributed by atoms with Crippen LogP contribution in [0.25, 0.3) is 10.2 Å². The Morgan fingerprint density at radius 3 is 2.25 bits per heavy atom. The number of carbonyl (C=O) groups excluding carboxylic acids is 2. The van der Waals surface area contributed by atoms with E-state index in [0.717, 1.165) is 4.70 Å². The minimum atomic E-state index is -3.89. The highest BCUT2D eigenvalue weighted by Gasteiger charge is 2.17. The summed E-state index contributed by atoms with van der Waals surface area (Å²) in [5, 5.41) is 5.36. The Kier molecular flexibility index (Phi) is 7.36. The quantitative estimate of drug-likeness (QED) is 0.304. The summed E-state index contributed by atoms with van der Waals surface area (Å²) in [6.45, 7) is -0.255. The van der Waals surface area contributed by atoms with Gasteiger partial charge in [0.15, 0.2) is 5.13 Å². The van der Waals surface area contributed by atoms with Crippen LogP contribution < -0.4 is 24.8 Å². The summed E-state index contributed by atoms with van der Waals surface area (Å²) in [6, 6.07) is 17.4. The Bertz CT molecular complexity index is 1500. The van der Waals surface area contributed by atoms with Gasteiger partial charge in [-0.1, -0.05) is 11.3 Å². The van der Waals surface area contributed by atoms with Crippen LogP contribution in [0.4, 0.5) is 10.8 Å². The number of rotatable bonds is 9. The second-order valence-corrected chi connectivity index (χ2v) is 10.2. The zero-order valence-corrected chi connectivity index (χ0v) is 20.9. The zero-order valence-electron chi connectivity index (χ0n) is 19.3. The summed E-state index contributed by atoms with van der Waals surface area (Å²) in [5.41, 5.74) is 1.39. The van der Waals surface area contributed by atoms with E-state index in [1.807, 2.05) is 0 Å². The van der Waals surface area contributed by atoms with E-state index >= 15 is 0 Å². The molecule has 0 atom stereocenters. The van der Waals surface area contributed by atoms with Crippen molar-refractivity contribution in [3.63, 3.8) is 0 Å². The van der Waals surface area contributed by atoms with Crippen LogP contribution in [-0.2, 0) is 14.8 Å². The third-order valence-electron chi connectivity index (χ3n) is 5.03. The summed E-state index contributed by atoms with van der Waals surface area (Å²) in [4.78, 5) is 28.7. The first-order valence-electron chi connectivity index (χ1n) is 10.6. The van der Waals surface area contributed by atoms with Crippen molar-refractivity contribution in [1.29, 1.82) is 0 Å². The molecule has 12 heteroatoms. The SMILES string of the molecule is COc1ccc(C(=O)NCC(=O)Nc2ccc(S(=O)(=O)Nc3nc4cc(OC)ccc4s3)cc2)cc1. The van der Waals surface area contributed by atoms with Gasteiger partial charge in [0.2, 0.25) is 5.91 Å². The van der Waals surface area contributed by atoms with Gasteiger partial charge in [-0.25, -0.2) is 13.4 Å². The van der Waals surface area contributed by atoms with E-state index in [-0.39, 0.29) is 16.6 Å². The van der Waals surface area contributed by atoms with Crippen LogP contribution in [0.5, 0.6) is 11.5 Å². The van der Waals surface area contributed by atoms with Gasteiger partial charge < -0.3 is 20.1 Å². The minimum absolute atomic E-state index is 0.00476. The fraction of sp³-hybridized carbons (Fsp3) is 0.125. The summed E-state index contributed by atoms with van der Waals surface area (Å²) in [6.07, 6.45) is 0. The highest BCUT2D eigenvalue weighted by Crippen LogP contribution is 2.30. The molecule has 0 saturated heterocycles. The molecule has 0 saturated carbocycles. The fourth-order valence-electron chi connectivity index (χ4n) is 3.18. The Labute approximate surface area is 211 Å². The number of amides is 2. The van der Waals surface area contributed by atoms with Crippen LogP contribution in [0.2, 0.25) is 0 Å². The molecule has 4 aromatic rings. The number of aromatic nitrogens is 1. The highest BCUT2D eigenvalue weighted by atomic mass is 32.2. The number of anilines is 2. The number of nitrogens with one attached hydrogen (secondary N) is 3. The number of methoxy groups -OCH3 is 2. The van der Waals surface area contributed by atoms with Gasteiger partial charge in [0.05, 0.1) is 35.9 Å². The predicted octanol–water partition coefficient (Wildman–Crippen LogP) is 3.48. The van der Waals surface area contributed by atoms with Crippen molar-refractivity contribution in [3.05, 3.63) is 72.3 Å². The van der Waals surface area contributed by atoms with E-state index in [1.165, 1.54) is 42.7 Å². The van der Waals surface area contributed by atoms with Gasteiger partial charge >= 0.3 is 0 Å². The van der Waals surface area contributed by atoms with Crippen molar-refractivity contribution in [2.24, 2.45) is 0 Å². The highest BCUT2D eigenvalue weighted by molar-refractivity contribution is 7.93. The van der Waals surface area contributed by atoms with Crippen LogP contribution in [0.3, 0.4) is 0 Å². The third-order valence-corrected chi connectivity index (χ3v) is 7.46. The standard InChI is InChI=1S/C24H22N4O6S2/c1-33-17-7-3-15(4-8-17)23(30)25-14-22(29)26-16-5-10-19(11-6-16)36(31,32)28-24-27-20-13-18(34-2)9-12-21(20)35-24/h3-13H,14H2,1-2H3,(H,25,30)(H,26,29)(H,27,28). The van der Waals surface area contributed by atoms with Gasteiger partial charge in [-0.2, -0.15) is 0 Å². The topological polar surface area (TPSA) is 136 Å². The smallest absolute Gasteiger partial charge is 0.263 e.